The van der Waals surface area contributed by atoms with E-state index in [1.165, 1.54) is 0 Å². The standard InChI is InChI=1S/C23H25N5O2/c1-26-20-5-3-2-4-18(20)23(21(26)16-24)19-14-17(27-6-10-29-11-7-27)15-22(25-19)28-8-12-30-13-9-28/h2-5,14-15H,6-13H2,1H3. The number of aromatic nitrogens is 2. The number of pyridine rings is 1. The molecule has 0 bridgehead atoms. The Morgan fingerprint density at radius 2 is 1.60 bits per heavy atom. The van der Waals surface area contributed by atoms with Gasteiger partial charge in [-0.1, -0.05) is 18.2 Å². The molecule has 0 saturated carbocycles. The van der Waals surface area contributed by atoms with Gasteiger partial charge in [0, 0.05) is 61.4 Å². The summed E-state index contributed by atoms with van der Waals surface area (Å²) in [5.41, 5.74) is 4.54. The molecule has 0 radical (unpaired) electrons. The number of hydrogen-bond acceptors (Lipinski definition) is 6. The van der Waals surface area contributed by atoms with Gasteiger partial charge in [-0.05, 0) is 12.1 Å². The maximum absolute atomic E-state index is 9.95. The van der Waals surface area contributed by atoms with Gasteiger partial charge in [0.1, 0.15) is 17.6 Å². The number of ether oxygens (including phenoxy) is 2. The summed E-state index contributed by atoms with van der Waals surface area (Å²) in [5, 5.41) is 11.0. The first-order chi connectivity index (χ1) is 14.8. The van der Waals surface area contributed by atoms with Gasteiger partial charge in [-0.2, -0.15) is 5.26 Å². The minimum absolute atomic E-state index is 0.635. The number of hydrogen-bond donors (Lipinski definition) is 0. The van der Waals surface area contributed by atoms with Crippen LogP contribution in [0.4, 0.5) is 11.5 Å². The molecule has 154 valence electrons. The Hall–Kier alpha value is -3.08. The third-order valence-corrected chi connectivity index (χ3v) is 5.98. The lowest BCUT2D eigenvalue weighted by Crippen LogP contribution is -2.38. The second kappa shape index (κ2) is 7.98. The van der Waals surface area contributed by atoms with Crippen LogP contribution in [0.5, 0.6) is 0 Å². The number of para-hydroxylation sites is 1. The zero-order valence-corrected chi connectivity index (χ0v) is 17.2. The molecule has 2 saturated heterocycles. The van der Waals surface area contributed by atoms with Crippen molar-refractivity contribution in [2.45, 2.75) is 0 Å². The van der Waals surface area contributed by atoms with Gasteiger partial charge in [0.15, 0.2) is 0 Å². The smallest absolute Gasteiger partial charge is 0.131 e. The Morgan fingerprint density at radius 1 is 0.933 bits per heavy atom. The highest BCUT2D eigenvalue weighted by molar-refractivity contribution is 5.99. The molecule has 2 aliphatic rings. The summed E-state index contributed by atoms with van der Waals surface area (Å²) in [6.07, 6.45) is 0. The largest absolute Gasteiger partial charge is 0.378 e. The van der Waals surface area contributed by atoms with Crippen LogP contribution in [-0.2, 0) is 16.5 Å². The summed E-state index contributed by atoms with van der Waals surface area (Å²) in [5.74, 6) is 0.939. The maximum Gasteiger partial charge on any atom is 0.131 e. The van der Waals surface area contributed by atoms with E-state index >= 15 is 0 Å². The second-order valence-corrected chi connectivity index (χ2v) is 7.68. The van der Waals surface area contributed by atoms with Gasteiger partial charge < -0.3 is 23.8 Å². The first-order valence-corrected chi connectivity index (χ1v) is 10.4. The van der Waals surface area contributed by atoms with E-state index in [9.17, 15) is 5.26 Å². The van der Waals surface area contributed by atoms with Crippen LogP contribution in [0.25, 0.3) is 22.2 Å². The van der Waals surface area contributed by atoms with Gasteiger partial charge >= 0.3 is 0 Å². The normalized spacial score (nSPS) is 17.3. The average molecular weight is 403 g/mol. The number of fused-ring (bicyclic) bond motifs is 1. The van der Waals surface area contributed by atoms with Crippen molar-refractivity contribution < 1.29 is 9.47 Å². The summed E-state index contributed by atoms with van der Waals surface area (Å²) in [4.78, 5) is 9.66. The third-order valence-electron chi connectivity index (χ3n) is 5.98. The van der Waals surface area contributed by atoms with E-state index in [4.69, 9.17) is 14.5 Å². The van der Waals surface area contributed by atoms with Crippen LogP contribution < -0.4 is 9.80 Å². The van der Waals surface area contributed by atoms with E-state index in [2.05, 4.69) is 34.1 Å². The first-order valence-electron chi connectivity index (χ1n) is 10.4. The van der Waals surface area contributed by atoms with Crippen molar-refractivity contribution in [2.75, 3.05) is 62.4 Å². The summed E-state index contributed by atoms with van der Waals surface area (Å²) in [7, 11) is 1.94. The third kappa shape index (κ3) is 3.28. The van der Waals surface area contributed by atoms with E-state index < -0.39 is 0 Å². The number of nitrogens with zero attached hydrogens (tertiary/aromatic N) is 5. The van der Waals surface area contributed by atoms with Crippen molar-refractivity contribution >= 4 is 22.4 Å². The molecule has 7 nitrogen and oxygen atoms in total. The molecule has 0 unspecified atom stereocenters. The van der Waals surface area contributed by atoms with Gasteiger partial charge in [0.2, 0.25) is 0 Å². The molecule has 4 heterocycles. The Kier molecular flexibility index (Phi) is 5.03. The molecular weight excluding hydrogens is 378 g/mol. The number of morpholine rings is 2. The van der Waals surface area contributed by atoms with Crippen LogP contribution in [0, 0.1) is 11.3 Å². The van der Waals surface area contributed by atoms with Crippen molar-refractivity contribution in [1.29, 1.82) is 5.26 Å². The van der Waals surface area contributed by atoms with Crippen molar-refractivity contribution in [3.05, 3.63) is 42.1 Å². The minimum Gasteiger partial charge on any atom is -0.378 e. The van der Waals surface area contributed by atoms with Crippen LogP contribution in [0.1, 0.15) is 5.69 Å². The number of aryl methyl sites for hydroxylation is 1. The van der Waals surface area contributed by atoms with Crippen LogP contribution in [0.2, 0.25) is 0 Å². The highest BCUT2D eigenvalue weighted by Gasteiger charge is 2.22. The van der Waals surface area contributed by atoms with Gasteiger partial charge in [0.25, 0.3) is 0 Å². The number of nitriles is 1. The molecule has 3 aromatic rings. The first kappa shape index (κ1) is 18.9. The van der Waals surface area contributed by atoms with Crippen molar-refractivity contribution in [3.8, 4) is 17.3 Å². The molecule has 30 heavy (non-hydrogen) atoms. The quantitative estimate of drug-likeness (QED) is 0.670. The summed E-state index contributed by atoms with van der Waals surface area (Å²) in [6, 6.07) is 14.8. The topological polar surface area (TPSA) is 66.5 Å². The lowest BCUT2D eigenvalue weighted by molar-refractivity contribution is 0.122. The highest BCUT2D eigenvalue weighted by atomic mass is 16.5. The van der Waals surface area contributed by atoms with Crippen molar-refractivity contribution in [2.24, 2.45) is 7.05 Å². The highest BCUT2D eigenvalue weighted by Crippen LogP contribution is 2.36. The van der Waals surface area contributed by atoms with E-state index in [1.807, 2.05) is 29.8 Å². The molecule has 2 aromatic heterocycles. The lowest BCUT2D eigenvalue weighted by atomic mass is 10.1. The van der Waals surface area contributed by atoms with E-state index in [1.54, 1.807) is 0 Å². The molecule has 1 aromatic carbocycles. The molecule has 5 rings (SSSR count). The van der Waals surface area contributed by atoms with Gasteiger partial charge in [0.05, 0.1) is 32.1 Å². The van der Waals surface area contributed by atoms with Gasteiger partial charge in [-0.15, -0.1) is 0 Å². The van der Waals surface area contributed by atoms with E-state index in [-0.39, 0.29) is 0 Å². The maximum atomic E-state index is 9.95. The number of rotatable bonds is 3. The zero-order valence-electron chi connectivity index (χ0n) is 17.2. The number of benzene rings is 1. The predicted molar refractivity (Wildman–Crippen MR) is 117 cm³/mol. The van der Waals surface area contributed by atoms with Crippen LogP contribution in [0.15, 0.2) is 36.4 Å². The molecule has 0 amide bonds. The molecule has 0 aliphatic carbocycles. The summed E-state index contributed by atoms with van der Waals surface area (Å²) in [6.45, 7) is 6.20. The van der Waals surface area contributed by atoms with Crippen LogP contribution in [0.3, 0.4) is 0 Å². The Bertz CT molecular complexity index is 1070. The Labute approximate surface area is 176 Å². The molecule has 7 heteroatoms. The SMILES string of the molecule is Cn1c(C#N)c(-c2cc(N3CCOCC3)cc(N3CCOCC3)n2)c2ccccc21. The number of anilines is 2. The van der Waals surface area contributed by atoms with E-state index in [0.29, 0.717) is 18.9 Å². The Balaban J connectivity index is 1.70. The molecule has 2 aliphatic heterocycles. The molecule has 2 fully saturated rings. The van der Waals surface area contributed by atoms with Crippen LogP contribution >= 0.6 is 0 Å². The second-order valence-electron chi connectivity index (χ2n) is 7.68. The fourth-order valence-corrected chi connectivity index (χ4v) is 4.37. The molecule has 0 N–H and O–H groups in total. The van der Waals surface area contributed by atoms with Gasteiger partial charge in [-0.25, -0.2) is 4.98 Å². The van der Waals surface area contributed by atoms with Crippen molar-refractivity contribution in [1.82, 2.24) is 9.55 Å². The Morgan fingerprint density at radius 3 is 2.30 bits per heavy atom. The fourth-order valence-electron chi connectivity index (χ4n) is 4.37. The average Bonchev–Trinajstić information content (AvgIpc) is 3.11. The van der Waals surface area contributed by atoms with Gasteiger partial charge in [-0.3, -0.25) is 0 Å². The zero-order chi connectivity index (χ0) is 20.5. The fraction of sp³-hybridized carbons (Fsp3) is 0.391. The molecule has 0 spiro atoms. The van der Waals surface area contributed by atoms with Crippen LogP contribution in [-0.4, -0.2) is 62.2 Å². The van der Waals surface area contributed by atoms with E-state index in [0.717, 1.165) is 73.1 Å². The summed E-state index contributed by atoms with van der Waals surface area (Å²) >= 11 is 0. The van der Waals surface area contributed by atoms with Crippen molar-refractivity contribution in [3.63, 3.8) is 0 Å². The monoisotopic (exact) mass is 403 g/mol. The predicted octanol–water partition coefficient (Wildman–Crippen LogP) is 2.79. The minimum atomic E-state index is 0.635. The summed E-state index contributed by atoms with van der Waals surface area (Å²) < 4.78 is 13.0. The molecular formula is C23H25N5O2. The lowest BCUT2D eigenvalue weighted by Gasteiger charge is -2.32. The molecule has 0 atom stereocenters.